The molecule has 2 aliphatic rings. The van der Waals surface area contributed by atoms with E-state index in [2.05, 4.69) is 61.9 Å². The fourth-order valence-corrected chi connectivity index (χ4v) is 17.3. The molecule has 0 N–H and O–H groups in total. The van der Waals surface area contributed by atoms with Gasteiger partial charge in [0.05, 0.1) is 0 Å². The molecule has 1 heteroatoms. The van der Waals surface area contributed by atoms with Crippen LogP contribution in [0, 0.1) is 0 Å². The van der Waals surface area contributed by atoms with E-state index in [-0.39, 0.29) is 2.85 Å². The molecule has 0 aromatic heterocycles. The SMILES string of the molecule is C[CH2][Zr]([CH3])([CH3])([CH3])([CH3])([C]1=CC=CC1)[C]1=CC=CC1.[H-].[H-]. The van der Waals surface area contributed by atoms with Gasteiger partial charge in [-0.3, -0.25) is 0 Å². The van der Waals surface area contributed by atoms with Crippen LogP contribution in [0.5, 0.6) is 0 Å². The van der Waals surface area contributed by atoms with E-state index in [1.54, 1.807) is 6.56 Å². The van der Waals surface area contributed by atoms with Crippen molar-refractivity contribution in [3.8, 4) is 0 Å². The second-order valence-electron chi connectivity index (χ2n) is 9.89. The van der Waals surface area contributed by atoms with Crippen LogP contribution >= 0.6 is 0 Å². The monoisotopic (exact) mass is 311 g/mol. The molecule has 0 saturated carbocycles. The molecule has 0 heterocycles. The van der Waals surface area contributed by atoms with Crippen molar-refractivity contribution in [3.63, 3.8) is 0 Å². The molecular formula is C16H29Zr-2. The molecule has 0 amide bonds. The van der Waals surface area contributed by atoms with Gasteiger partial charge in [0.15, 0.2) is 0 Å². The molecule has 0 aromatic carbocycles. The molecule has 0 bridgehead atoms. The normalized spacial score (nSPS) is 25.8. The van der Waals surface area contributed by atoms with Crippen LogP contribution in [0.25, 0.3) is 0 Å². The molecule has 2 aliphatic carbocycles. The van der Waals surface area contributed by atoms with Crippen LogP contribution in [0.4, 0.5) is 0 Å². The quantitative estimate of drug-likeness (QED) is 0.574. The molecule has 0 aromatic rings. The summed E-state index contributed by atoms with van der Waals surface area (Å²) in [6, 6.07) is 0. The number of rotatable bonds is 3. The molecule has 0 unspecified atom stereocenters. The first-order valence-electron chi connectivity index (χ1n) is 6.99. The van der Waals surface area contributed by atoms with Crippen LogP contribution in [-0.2, 0) is 15.8 Å². The maximum absolute atomic E-state index is 3.88. The summed E-state index contributed by atoms with van der Waals surface area (Å²) in [5.41, 5.74) is 0. The molecule has 0 saturated heterocycles. The van der Waals surface area contributed by atoms with Crippen molar-refractivity contribution >= 4 is 0 Å². The van der Waals surface area contributed by atoms with Gasteiger partial charge in [0.25, 0.3) is 0 Å². The minimum absolute atomic E-state index is 0. The number of hydrogen-bond acceptors (Lipinski definition) is 0. The fraction of sp³-hybridized carbons (Fsp3) is 0.500. The molecule has 2 rings (SSSR count). The fourth-order valence-electron chi connectivity index (χ4n) is 3.49. The largest absolute Gasteiger partial charge is 1.00 e. The molecule has 0 aliphatic heterocycles. The van der Waals surface area contributed by atoms with Crippen molar-refractivity contribution in [2.24, 2.45) is 0 Å². The topological polar surface area (TPSA) is 0 Å². The maximum Gasteiger partial charge on any atom is -1.00 e. The van der Waals surface area contributed by atoms with Crippen molar-refractivity contribution in [1.82, 2.24) is 0 Å². The first kappa shape index (κ1) is 13.3. The Morgan fingerprint density at radius 2 is 1.35 bits per heavy atom. The summed E-state index contributed by atoms with van der Waals surface area (Å²) in [5, 5.41) is 0. The average molecular weight is 313 g/mol. The Hall–Kier alpha value is -0.157. The summed E-state index contributed by atoms with van der Waals surface area (Å²) in [4.78, 5) is 0. The number of allylic oxidation sites excluding steroid dienone is 8. The van der Waals surface area contributed by atoms with E-state index in [1.807, 2.05) is 0 Å². The first-order valence-corrected chi connectivity index (χ1v) is 21.0. The Morgan fingerprint density at radius 3 is 1.59 bits per heavy atom. The molecule has 0 atom stereocenters. The van der Waals surface area contributed by atoms with Gasteiger partial charge in [-0.05, 0) is 0 Å². The van der Waals surface area contributed by atoms with Gasteiger partial charge in [-0.1, -0.05) is 0 Å². The van der Waals surface area contributed by atoms with Crippen LogP contribution in [0.15, 0.2) is 43.0 Å². The van der Waals surface area contributed by atoms with Crippen molar-refractivity contribution in [1.29, 1.82) is 0 Å². The van der Waals surface area contributed by atoms with E-state index in [1.165, 1.54) is 4.13 Å². The Kier molecular flexibility index (Phi) is 2.12. The third kappa shape index (κ3) is 1.58. The zero-order chi connectivity index (χ0) is 12.9. The Labute approximate surface area is 104 Å². The van der Waals surface area contributed by atoms with Crippen molar-refractivity contribution in [3.05, 3.63) is 43.0 Å². The van der Waals surface area contributed by atoms with Gasteiger partial charge in [-0.25, -0.2) is 0 Å². The average Bonchev–Trinajstić information content (AvgIpc) is 2.92. The predicted octanol–water partition coefficient (Wildman–Crippen LogP) is 6.29. The van der Waals surface area contributed by atoms with E-state index in [4.69, 9.17) is 0 Å². The van der Waals surface area contributed by atoms with Gasteiger partial charge in [0, 0.05) is 0 Å². The summed E-state index contributed by atoms with van der Waals surface area (Å²) in [6.07, 6.45) is 16.3. The predicted molar refractivity (Wildman–Crippen MR) is 79.8 cm³/mol. The summed E-state index contributed by atoms with van der Waals surface area (Å²) >= 11 is -3.88. The molecule has 0 nitrogen and oxygen atoms in total. The molecule has 0 spiro atoms. The van der Waals surface area contributed by atoms with Crippen molar-refractivity contribution in [2.75, 3.05) is 0 Å². The van der Waals surface area contributed by atoms with E-state index >= 15 is 0 Å². The van der Waals surface area contributed by atoms with E-state index in [9.17, 15) is 0 Å². The van der Waals surface area contributed by atoms with Gasteiger partial charge in [0.2, 0.25) is 0 Å². The van der Waals surface area contributed by atoms with Gasteiger partial charge in [-0.15, -0.1) is 0 Å². The molecule has 99 valence electrons. The Morgan fingerprint density at radius 1 is 0.941 bits per heavy atom. The molecule has 0 fully saturated rings. The second kappa shape index (κ2) is 2.72. The number of hydrogen-bond donors (Lipinski definition) is 0. The third-order valence-electron chi connectivity index (χ3n) is 6.65. The van der Waals surface area contributed by atoms with Gasteiger partial charge < -0.3 is 2.85 Å². The van der Waals surface area contributed by atoms with Crippen molar-refractivity contribution in [2.45, 2.75) is 42.4 Å². The zero-order valence-electron chi connectivity index (χ0n) is 14.1. The van der Waals surface area contributed by atoms with Gasteiger partial charge in [-0.2, -0.15) is 0 Å². The van der Waals surface area contributed by atoms with Crippen LogP contribution in [0.2, 0.25) is 22.7 Å². The smallest absolute Gasteiger partial charge is 1.00 e. The summed E-state index contributed by atoms with van der Waals surface area (Å²) in [6.45, 7) is 2.40. The zero-order valence-corrected chi connectivity index (χ0v) is 14.5. The van der Waals surface area contributed by atoms with Crippen LogP contribution in [0.3, 0.4) is 0 Å². The van der Waals surface area contributed by atoms with E-state index in [0.29, 0.717) is 0 Å². The maximum atomic E-state index is 2.63. The van der Waals surface area contributed by atoms with Crippen LogP contribution < -0.4 is 0 Å². The summed E-state index contributed by atoms with van der Waals surface area (Å²) in [5.74, 6) is 0. The standard InChI is InChI=1S/2C5H5.C2H5.4CH3.Zr.2H/c2*1-2-4-5-3-1;1-2;;;;;;;/h2*1-3H,4H2;1H2,2H3;4*1H3;;;/q;;;;;;;;2*-1. The summed E-state index contributed by atoms with van der Waals surface area (Å²) in [7, 11) is 0. The minimum atomic E-state index is -3.88. The van der Waals surface area contributed by atoms with Crippen LogP contribution in [0.1, 0.15) is 22.6 Å². The molecule has 17 heavy (non-hydrogen) atoms. The van der Waals surface area contributed by atoms with E-state index in [0.717, 1.165) is 12.8 Å². The first-order chi connectivity index (χ1) is 7.56. The third-order valence-corrected chi connectivity index (χ3v) is 33.6. The second-order valence-corrected chi connectivity index (χ2v) is 48.7. The van der Waals surface area contributed by atoms with Crippen LogP contribution in [-0.4, -0.2) is 0 Å². The minimum Gasteiger partial charge on any atom is -1.00 e. The summed E-state index contributed by atoms with van der Waals surface area (Å²) < 4.78 is 15.3. The van der Waals surface area contributed by atoms with Gasteiger partial charge >= 0.3 is 101 Å². The van der Waals surface area contributed by atoms with Gasteiger partial charge in [0.1, 0.15) is 0 Å². The molecular weight excluding hydrogens is 283 g/mol. The Bertz CT molecular complexity index is 482. The molecule has 0 radical (unpaired) electrons. The van der Waals surface area contributed by atoms with E-state index < -0.39 is 15.8 Å². The Balaban J connectivity index is 0.00000162. The van der Waals surface area contributed by atoms with Crippen molar-refractivity contribution < 1.29 is 18.7 Å².